The normalized spacial score (nSPS) is 31.3. The van der Waals surface area contributed by atoms with Crippen molar-refractivity contribution in [1.82, 2.24) is 10.6 Å². The van der Waals surface area contributed by atoms with Gasteiger partial charge in [0.05, 0.1) is 25.2 Å². The minimum atomic E-state index is -0.408. The van der Waals surface area contributed by atoms with E-state index < -0.39 is 6.10 Å². The molecule has 3 aliphatic rings. The van der Waals surface area contributed by atoms with Crippen LogP contribution >= 0.6 is 0 Å². The Morgan fingerprint density at radius 1 is 1.09 bits per heavy atom. The largest absolute Gasteiger partial charge is 0.394 e. The minimum absolute atomic E-state index is 0.0237. The summed E-state index contributed by atoms with van der Waals surface area (Å²) in [6.07, 6.45) is 6.75. The highest BCUT2D eigenvalue weighted by atomic mass is 16.5. The van der Waals surface area contributed by atoms with Crippen molar-refractivity contribution in [3.63, 3.8) is 0 Å². The summed E-state index contributed by atoms with van der Waals surface area (Å²) >= 11 is 0. The predicted octanol–water partition coefficient (Wildman–Crippen LogP) is 0.727. The van der Waals surface area contributed by atoms with Gasteiger partial charge in [-0.25, -0.2) is 0 Å². The first-order chi connectivity index (χ1) is 11.2. The molecular formula is C17H28N2O4. The second-order valence-corrected chi connectivity index (χ2v) is 7.25. The fourth-order valence-corrected chi connectivity index (χ4v) is 3.28. The maximum atomic E-state index is 12.1. The first-order valence-electron chi connectivity index (χ1n) is 8.99. The number of amides is 2. The molecule has 23 heavy (non-hydrogen) atoms. The molecule has 3 N–H and O–H groups in total. The Morgan fingerprint density at radius 3 is 2.48 bits per heavy atom. The quantitative estimate of drug-likeness (QED) is 0.644. The average molecular weight is 324 g/mol. The van der Waals surface area contributed by atoms with Gasteiger partial charge < -0.3 is 20.5 Å². The van der Waals surface area contributed by atoms with Crippen LogP contribution in [0.1, 0.15) is 51.4 Å². The second-order valence-electron chi connectivity index (χ2n) is 7.25. The number of ether oxygens (including phenoxy) is 1. The van der Waals surface area contributed by atoms with E-state index in [0.717, 1.165) is 38.6 Å². The zero-order chi connectivity index (χ0) is 16.2. The highest BCUT2D eigenvalue weighted by Crippen LogP contribution is 2.29. The molecule has 1 heterocycles. The third-order valence-corrected chi connectivity index (χ3v) is 5.30. The van der Waals surface area contributed by atoms with Crippen molar-refractivity contribution in [2.24, 2.45) is 11.8 Å². The fraction of sp³-hybridized carbons (Fsp3) is 0.882. The van der Waals surface area contributed by atoms with E-state index in [9.17, 15) is 14.7 Å². The molecule has 2 saturated carbocycles. The van der Waals surface area contributed by atoms with Crippen LogP contribution in [0.3, 0.4) is 0 Å². The molecule has 2 aliphatic carbocycles. The van der Waals surface area contributed by atoms with Gasteiger partial charge in [0.15, 0.2) is 0 Å². The Bertz CT molecular complexity index is 434. The van der Waals surface area contributed by atoms with Crippen molar-refractivity contribution in [2.45, 2.75) is 69.6 Å². The van der Waals surface area contributed by atoms with Crippen LogP contribution in [0.5, 0.6) is 0 Å². The molecule has 6 heteroatoms. The monoisotopic (exact) mass is 324 g/mol. The number of aliphatic hydroxyl groups excluding tert-OH is 1. The van der Waals surface area contributed by atoms with E-state index in [4.69, 9.17) is 4.74 Å². The smallest absolute Gasteiger partial charge is 0.223 e. The van der Waals surface area contributed by atoms with Crippen molar-refractivity contribution >= 4 is 11.8 Å². The lowest BCUT2D eigenvalue weighted by Gasteiger charge is -2.37. The number of carbonyl (C=O) groups excluding carboxylic acids is 2. The molecule has 2 amide bonds. The molecule has 6 nitrogen and oxygen atoms in total. The van der Waals surface area contributed by atoms with Crippen LogP contribution in [-0.4, -0.2) is 48.3 Å². The molecule has 3 atom stereocenters. The van der Waals surface area contributed by atoms with E-state index in [2.05, 4.69) is 10.6 Å². The van der Waals surface area contributed by atoms with Crippen molar-refractivity contribution in [2.75, 3.05) is 13.2 Å². The highest BCUT2D eigenvalue weighted by Gasteiger charge is 2.35. The molecule has 1 aliphatic heterocycles. The van der Waals surface area contributed by atoms with E-state index in [0.29, 0.717) is 12.3 Å². The van der Waals surface area contributed by atoms with E-state index in [1.807, 2.05) is 0 Å². The van der Waals surface area contributed by atoms with Gasteiger partial charge in [0.25, 0.3) is 0 Å². The summed E-state index contributed by atoms with van der Waals surface area (Å²) in [6.45, 7) is 0.644. The van der Waals surface area contributed by atoms with Crippen LogP contribution in [0.4, 0.5) is 0 Å². The summed E-state index contributed by atoms with van der Waals surface area (Å²) in [5, 5.41) is 15.5. The predicted molar refractivity (Wildman–Crippen MR) is 84.6 cm³/mol. The van der Waals surface area contributed by atoms with E-state index >= 15 is 0 Å². The summed E-state index contributed by atoms with van der Waals surface area (Å²) in [7, 11) is 0. The van der Waals surface area contributed by atoms with Gasteiger partial charge in [0.1, 0.15) is 6.10 Å². The summed E-state index contributed by atoms with van der Waals surface area (Å²) in [6, 6.07) is -0.140. The first kappa shape index (κ1) is 16.7. The van der Waals surface area contributed by atoms with E-state index in [1.165, 1.54) is 12.8 Å². The molecule has 130 valence electrons. The third kappa shape index (κ3) is 4.67. The average Bonchev–Trinajstić information content (AvgIpc) is 3.29. The van der Waals surface area contributed by atoms with Gasteiger partial charge >= 0.3 is 0 Å². The topological polar surface area (TPSA) is 87.7 Å². The second kappa shape index (κ2) is 7.62. The molecular weight excluding hydrogens is 296 g/mol. The first-order valence-corrected chi connectivity index (χ1v) is 8.99. The Hall–Kier alpha value is -1.14. The molecule has 3 rings (SSSR count). The summed E-state index contributed by atoms with van der Waals surface area (Å²) < 4.78 is 5.85. The van der Waals surface area contributed by atoms with Gasteiger partial charge in [0.2, 0.25) is 11.8 Å². The minimum Gasteiger partial charge on any atom is -0.394 e. The number of rotatable bonds is 7. The third-order valence-electron chi connectivity index (χ3n) is 5.30. The molecule has 0 aromatic heterocycles. The molecule has 0 spiro atoms. The van der Waals surface area contributed by atoms with E-state index in [1.54, 1.807) is 0 Å². The lowest BCUT2D eigenvalue weighted by molar-refractivity contribution is -0.138. The number of aliphatic hydroxyl groups is 1. The standard InChI is InChI=1S/C17H28N2O4/c20-10-15-14(19-17(22)12-2-1-3-12)7-6-13(23-15)8-16(21)18-9-11-4-5-11/h11-15,20H,1-10H2,(H,18,21)(H,19,22)/t13-,14+,15+/m1/s1. The molecule has 0 bridgehead atoms. The number of carbonyl (C=O) groups is 2. The molecule has 0 aromatic rings. The summed E-state index contributed by atoms with van der Waals surface area (Å²) in [4.78, 5) is 24.0. The van der Waals surface area contributed by atoms with E-state index in [-0.39, 0.29) is 36.5 Å². The maximum absolute atomic E-state index is 12.1. The number of hydrogen-bond donors (Lipinski definition) is 3. The Morgan fingerprint density at radius 2 is 1.87 bits per heavy atom. The lowest BCUT2D eigenvalue weighted by atomic mass is 9.84. The SMILES string of the molecule is O=C(C[C@H]1CC[C@H](NC(=O)C2CCC2)[C@H](CO)O1)NCC1CC1. The van der Waals surface area contributed by atoms with Crippen LogP contribution in [-0.2, 0) is 14.3 Å². The van der Waals surface area contributed by atoms with Crippen LogP contribution in [0.15, 0.2) is 0 Å². The Kier molecular flexibility index (Phi) is 5.54. The summed E-state index contributed by atoms with van der Waals surface area (Å²) in [5.74, 6) is 0.919. The summed E-state index contributed by atoms with van der Waals surface area (Å²) in [5.41, 5.74) is 0. The van der Waals surface area contributed by atoms with Gasteiger partial charge in [-0.2, -0.15) is 0 Å². The van der Waals surface area contributed by atoms with Gasteiger partial charge in [0, 0.05) is 12.5 Å². The molecule has 0 radical (unpaired) electrons. The number of hydrogen-bond acceptors (Lipinski definition) is 4. The van der Waals surface area contributed by atoms with Crippen molar-refractivity contribution in [3.05, 3.63) is 0 Å². The highest BCUT2D eigenvalue weighted by molar-refractivity contribution is 5.79. The number of nitrogens with one attached hydrogen (secondary N) is 2. The fourth-order valence-electron chi connectivity index (χ4n) is 3.28. The maximum Gasteiger partial charge on any atom is 0.223 e. The molecule has 0 unspecified atom stereocenters. The van der Waals surface area contributed by atoms with Crippen LogP contribution in [0.25, 0.3) is 0 Å². The Balaban J connectivity index is 1.41. The molecule has 3 fully saturated rings. The van der Waals surface area contributed by atoms with Crippen molar-refractivity contribution < 1.29 is 19.4 Å². The van der Waals surface area contributed by atoms with Crippen molar-refractivity contribution in [3.8, 4) is 0 Å². The van der Waals surface area contributed by atoms with Crippen LogP contribution < -0.4 is 10.6 Å². The molecule has 1 saturated heterocycles. The van der Waals surface area contributed by atoms with Gasteiger partial charge in [-0.3, -0.25) is 9.59 Å². The lowest BCUT2D eigenvalue weighted by Crippen LogP contribution is -2.53. The van der Waals surface area contributed by atoms with Gasteiger partial charge in [-0.15, -0.1) is 0 Å². The zero-order valence-corrected chi connectivity index (χ0v) is 13.6. The van der Waals surface area contributed by atoms with Crippen LogP contribution in [0, 0.1) is 11.8 Å². The van der Waals surface area contributed by atoms with Crippen molar-refractivity contribution in [1.29, 1.82) is 0 Å². The zero-order valence-electron chi connectivity index (χ0n) is 13.6. The van der Waals surface area contributed by atoms with Crippen LogP contribution in [0.2, 0.25) is 0 Å². The van der Waals surface area contributed by atoms with Gasteiger partial charge in [-0.05, 0) is 44.4 Å². The van der Waals surface area contributed by atoms with Gasteiger partial charge in [-0.1, -0.05) is 6.42 Å². The molecule has 0 aromatic carbocycles. The Labute approximate surface area is 137 Å².